The van der Waals surface area contributed by atoms with E-state index < -0.39 is 64.9 Å². The number of aromatic nitrogens is 5. The molecule has 1 aliphatic heterocycles. The Morgan fingerprint density at radius 3 is 2.01 bits per heavy atom. The van der Waals surface area contributed by atoms with Gasteiger partial charge in [0, 0.05) is 67.8 Å². The summed E-state index contributed by atoms with van der Waals surface area (Å²) in [5.74, 6) is 0.426. The van der Waals surface area contributed by atoms with Gasteiger partial charge in [-0.15, -0.1) is 0 Å². The summed E-state index contributed by atoms with van der Waals surface area (Å²) >= 11 is 3.34. The maximum absolute atomic E-state index is 14.4. The molecule has 1 saturated carbocycles. The van der Waals surface area contributed by atoms with E-state index in [1.54, 1.807) is 37.3 Å². The molecule has 0 unspecified atom stereocenters. The Morgan fingerprint density at radius 2 is 1.35 bits per heavy atom. The second-order valence-corrected chi connectivity index (χ2v) is 24.2. The smallest absolute Gasteiger partial charge is 0.326 e. The summed E-state index contributed by atoms with van der Waals surface area (Å²) in [6, 6.07) is 5.84. The molecule has 1 aromatic carbocycles. The van der Waals surface area contributed by atoms with Crippen molar-refractivity contribution in [2.45, 2.75) is 173 Å². The van der Waals surface area contributed by atoms with Crippen LogP contribution in [0.1, 0.15) is 169 Å². The standard InChI is InChI=1S/C65H87BrFN11O15/c1-44-20-25-53(66)74-62(44)75-63(87)51-36-65(37-52(65)78(51)58(83)40-77-50-24-21-45(35-48(50)60(76-77)61(68)86)22-26-54-70-38-46(67)39-71-54)43-72-57(82)42-93-34-31-90-29-16-17-47(79)41-92-33-32-91-30-28-69-55(80)27-23-49(64(88)89)73-56(81)18-14-12-10-8-6-4-2-3-5-7-9-11-13-15-19-59(84)85/h20-21,24-25,35,38-39,49,51-52H,2-19,23,27-34,36-37,40-43H2,1H3,(H2,68,86)(H,69,80)(H,72,82)(H,73,81)(H,84,85)(H,88,89)(H,74,75,87)/t49-,51-,52+,65-/m0/s1. The first-order chi connectivity index (χ1) is 44.8. The molecule has 2 aliphatic rings. The molecule has 1 aliphatic carbocycles. The van der Waals surface area contributed by atoms with Crippen LogP contribution in [0.15, 0.2) is 47.3 Å². The van der Waals surface area contributed by atoms with Gasteiger partial charge in [0.1, 0.15) is 42.3 Å². The number of carboxylic acid groups (broad SMARTS) is 2. The third-order valence-electron chi connectivity index (χ3n) is 16.0. The van der Waals surface area contributed by atoms with Crippen LogP contribution in [-0.4, -0.2) is 177 Å². The topological polar surface area (TPSA) is 365 Å². The number of amides is 6. The highest BCUT2D eigenvalue weighted by atomic mass is 79.9. The van der Waals surface area contributed by atoms with Crippen LogP contribution in [0.3, 0.4) is 0 Å². The van der Waals surface area contributed by atoms with E-state index in [9.17, 15) is 52.6 Å². The van der Waals surface area contributed by atoms with Crippen LogP contribution in [0.25, 0.3) is 10.9 Å². The number of primary amides is 1. The number of rotatable bonds is 46. The lowest BCUT2D eigenvalue weighted by Crippen LogP contribution is -2.47. The summed E-state index contributed by atoms with van der Waals surface area (Å²) < 4.78 is 37.2. The van der Waals surface area contributed by atoms with Crippen LogP contribution in [0.4, 0.5) is 10.2 Å². The number of piperidine rings is 1. The zero-order chi connectivity index (χ0) is 67.0. The van der Waals surface area contributed by atoms with Gasteiger partial charge in [0.05, 0.1) is 50.9 Å². The molecule has 4 aromatic rings. The van der Waals surface area contributed by atoms with Crippen molar-refractivity contribution in [3.05, 3.63) is 75.8 Å². The molecule has 2 fully saturated rings. The lowest BCUT2D eigenvalue weighted by molar-refractivity contribution is -0.142. The van der Waals surface area contributed by atoms with Crippen molar-refractivity contribution in [2.75, 3.05) is 71.3 Å². The molecule has 0 bridgehead atoms. The number of aryl methyl sites for hydroxylation is 1. The summed E-state index contributed by atoms with van der Waals surface area (Å²) in [5, 5.41) is 34.0. The molecule has 6 amide bonds. The molecular formula is C65H87BrFN11O15. The van der Waals surface area contributed by atoms with E-state index in [0.29, 0.717) is 51.7 Å². The van der Waals surface area contributed by atoms with Gasteiger partial charge in [-0.3, -0.25) is 43.0 Å². The highest BCUT2D eigenvalue weighted by Gasteiger charge is 2.67. The maximum Gasteiger partial charge on any atom is 0.326 e. The number of halogens is 2. The normalized spacial score (nSPS) is 15.8. The largest absolute Gasteiger partial charge is 0.481 e. The van der Waals surface area contributed by atoms with E-state index in [1.807, 2.05) is 0 Å². The molecule has 4 heterocycles. The molecule has 0 radical (unpaired) electrons. The van der Waals surface area contributed by atoms with Crippen LogP contribution >= 0.6 is 15.9 Å². The Hall–Kier alpha value is -7.84. The van der Waals surface area contributed by atoms with E-state index >= 15 is 0 Å². The fraction of sp³-hybridized carbons (Fsp3) is 0.585. The first-order valence-corrected chi connectivity index (χ1v) is 32.8. The zero-order valence-corrected chi connectivity index (χ0v) is 54.4. The van der Waals surface area contributed by atoms with Crippen molar-refractivity contribution >= 4 is 85.8 Å². The molecule has 1 saturated heterocycles. The molecular weight excluding hydrogens is 1270 g/mol. The number of nitrogens with zero attached hydrogens (tertiary/aromatic N) is 6. The molecule has 3 aromatic heterocycles. The predicted octanol–water partition coefficient (Wildman–Crippen LogP) is 6.25. The maximum atomic E-state index is 14.4. The van der Waals surface area contributed by atoms with E-state index in [4.69, 9.17) is 29.8 Å². The van der Waals surface area contributed by atoms with Crippen LogP contribution in [0, 0.1) is 30.0 Å². The summed E-state index contributed by atoms with van der Waals surface area (Å²) in [5.41, 5.74) is 6.55. The molecule has 8 N–H and O–H groups in total. The number of carbonyl (C=O) groups is 9. The minimum Gasteiger partial charge on any atom is -0.481 e. The van der Waals surface area contributed by atoms with E-state index in [0.717, 1.165) is 63.8 Å². The Morgan fingerprint density at radius 1 is 0.720 bits per heavy atom. The zero-order valence-electron chi connectivity index (χ0n) is 52.8. The van der Waals surface area contributed by atoms with Crippen molar-refractivity contribution in [3.8, 4) is 11.8 Å². The third kappa shape index (κ3) is 26.2. The van der Waals surface area contributed by atoms with Gasteiger partial charge in [-0.1, -0.05) is 89.0 Å². The van der Waals surface area contributed by atoms with Gasteiger partial charge in [-0.25, -0.2) is 24.1 Å². The van der Waals surface area contributed by atoms with E-state index in [2.05, 4.69) is 69.1 Å². The van der Waals surface area contributed by atoms with E-state index in [1.165, 1.54) is 41.7 Å². The number of carbonyl (C=O) groups excluding carboxylic acids is 7. The van der Waals surface area contributed by atoms with Crippen LogP contribution in [-0.2, 0) is 63.8 Å². The number of anilines is 1. The number of ether oxygens (including phenoxy) is 4. The highest BCUT2D eigenvalue weighted by molar-refractivity contribution is 9.10. The van der Waals surface area contributed by atoms with Gasteiger partial charge < -0.3 is 61.1 Å². The number of hydrogen-bond donors (Lipinski definition) is 7. The van der Waals surface area contributed by atoms with Gasteiger partial charge in [-0.05, 0) is 97.1 Å². The molecule has 26 nitrogen and oxygen atoms in total. The number of likely N-dealkylation sites (tertiary alicyclic amines) is 1. The molecule has 28 heteroatoms. The number of nitrogens with one attached hydrogen (secondary N) is 4. The summed E-state index contributed by atoms with van der Waals surface area (Å²) in [4.78, 5) is 127. The van der Waals surface area contributed by atoms with Crippen LogP contribution < -0.4 is 27.0 Å². The first-order valence-electron chi connectivity index (χ1n) is 32.0. The fourth-order valence-electron chi connectivity index (χ4n) is 11.0. The average molecular weight is 1360 g/mol. The van der Waals surface area contributed by atoms with Crippen molar-refractivity contribution < 1.29 is 76.7 Å². The van der Waals surface area contributed by atoms with Gasteiger partial charge in [0.25, 0.3) is 5.91 Å². The summed E-state index contributed by atoms with van der Waals surface area (Å²) in [6.07, 6.45) is 18.5. The van der Waals surface area contributed by atoms with Gasteiger partial charge in [0.15, 0.2) is 17.3 Å². The monoisotopic (exact) mass is 1360 g/mol. The van der Waals surface area contributed by atoms with Crippen molar-refractivity contribution in [1.82, 2.24) is 45.6 Å². The first kappa shape index (κ1) is 74.2. The quantitative estimate of drug-likeness (QED) is 0.0146. The predicted molar refractivity (Wildman–Crippen MR) is 341 cm³/mol. The average Bonchev–Trinajstić information content (AvgIpc) is 1.54. The number of nitrogens with two attached hydrogens (primary N) is 1. The Kier molecular flexibility index (Phi) is 31.6. The third-order valence-corrected chi connectivity index (χ3v) is 16.5. The number of hydrogen-bond acceptors (Lipinski definition) is 17. The number of pyridine rings is 1. The Bertz CT molecular complexity index is 3230. The highest BCUT2D eigenvalue weighted by Crippen LogP contribution is 2.59. The molecule has 6 rings (SSSR count). The Balaban J connectivity index is 0.781. The minimum atomic E-state index is -1.20. The number of ketones is 1. The number of unbranched alkanes of at least 4 members (excludes halogenated alkanes) is 13. The van der Waals surface area contributed by atoms with Gasteiger partial charge in [0.2, 0.25) is 35.4 Å². The van der Waals surface area contributed by atoms with E-state index in [-0.39, 0.29) is 140 Å². The number of carboxylic acids is 2. The van der Waals surface area contributed by atoms with Crippen molar-refractivity contribution in [3.63, 3.8) is 0 Å². The van der Waals surface area contributed by atoms with Gasteiger partial charge >= 0.3 is 11.9 Å². The Labute approximate surface area is 548 Å². The molecule has 93 heavy (non-hydrogen) atoms. The number of aliphatic carboxylic acids is 2. The van der Waals surface area contributed by atoms with Crippen LogP contribution in [0.5, 0.6) is 0 Å². The number of benzene rings is 1. The number of fused-ring (bicyclic) bond motifs is 2. The number of Topliss-reactive ketones (excluding diaryl/α,β-unsaturated/α-hetero) is 1. The second-order valence-electron chi connectivity index (χ2n) is 23.4. The molecule has 4 atom stereocenters. The minimum absolute atomic E-state index is 0.0522. The van der Waals surface area contributed by atoms with Crippen molar-refractivity contribution in [2.24, 2.45) is 11.1 Å². The SMILES string of the molecule is Cc1ccc(Br)nc1NC(=O)[C@@H]1C[C@@]2(CNC(=O)COCCOCCCC(=O)COCCOCCNC(=O)CC[C@H](NC(=O)CCCCCCCCCCCCCCCCC(=O)O)C(=O)O)C[C@H]2N1C(=O)Cn1nc(C(N)=O)c2cc(C#Cc3ncc(F)cn3)ccc21. The second kappa shape index (κ2) is 39.6. The summed E-state index contributed by atoms with van der Waals surface area (Å²) in [7, 11) is 0. The fourth-order valence-corrected chi connectivity index (χ4v) is 11.3. The molecule has 506 valence electrons. The van der Waals surface area contributed by atoms with Gasteiger partial charge in [-0.2, -0.15) is 5.10 Å². The van der Waals surface area contributed by atoms with Crippen molar-refractivity contribution in [1.29, 1.82) is 0 Å². The lowest BCUT2D eigenvalue weighted by atomic mass is 9.99. The lowest BCUT2D eigenvalue weighted by Gasteiger charge is -2.27. The van der Waals surface area contributed by atoms with Crippen LogP contribution in [0.2, 0.25) is 0 Å². The molecule has 0 spiro atoms. The summed E-state index contributed by atoms with van der Waals surface area (Å²) in [6.45, 7) is 2.43.